The number of piperidine rings is 1. The molecule has 0 unspecified atom stereocenters. The van der Waals surface area contributed by atoms with Crippen molar-refractivity contribution in [3.05, 3.63) is 65.2 Å². The molecule has 0 aliphatic carbocycles. The minimum atomic E-state index is -0.115. The van der Waals surface area contributed by atoms with Gasteiger partial charge in [-0.2, -0.15) is 5.26 Å². The van der Waals surface area contributed by atoms with Crippen LogP contribution in [0.3, 0.4) is 0 Å². The second-order valence-corrected chi connectivity index (χ2v) is 7.17. The maximum atomic E-state index is 12.4. The van der Waals surface area contributed by atoms with E-state index >= 15 is 0 Å². The lowest BCUT2D eigenvalue weighted by atomic mass is 9.99. The number of nitrogens with zero attached hydrogens (tertiary/aromatic N) is 2. The molecule has 1 atom stereocenters. The van der Waals surface area contributed by atoms with E-state index in [9.17, 15) is 4.79 Å². The van der Waals surface area contributed by atoms with Gasteiger partial charge in [-0.15, -0.1) is 0 Å². The monoisotopic (exact) mass is 347 g/mol. The molecular formula is C22H25N3O. The highest BCUT2D eigenvalue weighted by molar-refractivity contribution is 6.04. The molecule has 1 heterocycles. The molecule has 2 aromatic rings. The van der Waals surface area contributed by atoms with Gasteiger partial charge < -0.3 is 5.32 Å². The first-order valence-corrected chi connectivity index (χ1v) is 9.22. The molecular weight excluding hydrogens is 322 g/mol. The van der Waals surface area contributed by atoms with Crippen molar-refractivity contribution in [1.29, 1.82) is 5.26 Å². The Morgan fingerprint density at radius 3 is 2.50 bits per heavy atom. The Hall–Kier alpha value is -2.64. The molecule has 4 heteroatoms. The van der Waals surface area contributed by atoms with Gasteiger partial charge in [0.2, 0.25) is 0 Å². The highest BCUT2D eigenvalue weighted by Crippen LogP contribution is 2.18. The fourth-order valence-corrected chi connectivity index (χ4v) is 3.45. The van der Waals surface area contributed by atoms with Gasteiger partial charge in [0.05, 0.1) is 12.5 Å². The van der Waals surface area contributed by atoms with E-state index in [1.807, 2.05) is 48.5 Å². The highest BCUT2D eigenvalue weighted by atomic mass is 16.1. The van der Waals surface area contributed by atoms with Crippen molar-refractivity contribution in [3.8, 4) is 6.07 Å². The maximum absolute atomic E-state index is 12.4. The van der Waals surface area contributed by atoms with Crippen LogP contribution in [0.5, 0.6) is 0 Å². The second-order valence-electron chi connectivity index (χ2n) is 7.17. The first kappa shape index (κ1) is 18.2. The summed E-state index contributed by atoms with van der Waals surface area (Å²) < 4.78 is 0. The van der Waals surface area contributed by atoms with Crippen LogP contribution in [0.1, 0.15) is 41.3 Å². The van der Waals surface area contributed by atoms with Crippen LogP contribution in [0, 0.1) is 17.2 Å². The minimum Gasteiger partial charge on any atom is -0.322 e. The molecule has 0 radical (unpaired) electrons. The van der Waals surface area contributed by atoms with E-state index in [1.54, 1.807) is 0 Å². The zero-order valence-electron chi connectivity index (χ0n) is 15.2. The van der Waals surface area contributed by atoms with Crippen LogP contribution in [0.4, 0.5) is 5.69 Å². The third-order valence-corrected chi connectivity index (χ3v) is 4.86. The lowest BCUT2D eigenvalue weighted by Gasteiger charge is -2.30. The summed E-state index contributed by atoms with van der Waals surface area (Å²) in [4.78, 5) is 14.9. The number of likely N-dealkylation sites (tertiary alicyclic amines) is 1. The molecule has 0 spiro atoms. The fraction of sp³-hybridized carbons (Fsp3) is 0.364. The fourth-order valence-electron chi connectivity index (χ4n) is 3.45. The van der Waals surface area contributed by atoms with E-state index < -0.39 is 0 Å². The van der Waals surface area contributed by atoms with Crippen LogP contribution in [0.2, 0.25) is 0 Å². The third-order valence-electron chi connectivity index (χ3n) is 4.86. The van der Waals surface area contributed by atoms with E-state index in [1.165, 1.54) is 18.4 Å². The molecule has 1 saturated heterocycles. The van der Waals surface area contributed by atoms with E-state index in [0.29, 0.717) is 12.0 Å². The molecule has 1 amide bonds. The van der Waals surface area contributed by atoms with Crippen molar-refractivity contribution in [2.75, 3.05) is 18.4 Å². The largest absolute Gasteiger partial charge is 0.322 e. The summed E-state index contributed by atoms with van der Waals surface area (Å²) in [6, 6.07) is 17.4. The smallest absolute Gasteiger partial charge is 0.255 e. The Balaban J connectivity index is 1.57. The van der Waals surface area contributed by atoms with Crippen LogP contribution in [-0.2, 0) is 13.0 Å². The third kappa shape index (κ3) is 4.93. The Kier molecular flexibility index (Phi) is 6.04. The van der Waals surface area contributed by atoms with Crippen molar-refractivity contribution in [3.63, 3.8) is 0 Å². The van der Waals surface area contributed by atoms with Crippen molar-refractivity contribution in [2.24, 2.45) is 5.92 Å². The first-order valence-electron chi connectivity index (χ1n) is 9.22. The molecule has 1 fully saturated rings. The minimum absolute atomic E-state index is 0.115. The molecule has 3 rings (SSSR count). The van der Waals surface area contributed by atoms with Gasteiger partial charge in [0, 0.05) is 24.3 Å². The number of nitrogens with one attached hydrogen (secondary N) is 1. The number of nitriles is 1. The predicted molar refractivity (Wildman–Crippen MR) is 104 cm³/mol. The Labute approximate surface area is 155 Å². The number of rotatable bonds is 5. The Morgan fingerprint density at radius 1 is 1.15 bits per heavy atom. The highest BCUT2D eigenvalue weighted by Gasteiger charge is 2.16. The number of benzene rings is 2. The Morgan fingerprint density at radius 2 is 1.85 bits per heavy atom. The average Bonchev–Trinajstić information content (AvgIpc) is 2.64. The molecule has 0 saturated carbocycles. The lowest BCUT2D eigenvalue weighted by molar-refractivity contribution is 0.102. The number of carbonyl (C=O) groups is 1. The summed E-state index contributed by atoms with van der Waals surface area (Å²) in [5.41, 5.74) is 3.59. The normalized spacial score (nSPS) is 17.5. The number of anilines is 1. The molecule has 1 N–H and O–H groups in total. The lowest BCUT2D eigenvalue weighted by Crippen LogP contribution is -2.33. The molecule has 26 heavy (non-hydrogen) atoms. The summed E-state index contributed by atoms with van der Waals surface area (Å²) in [6.07, 6.45) is 2.98. The zero-order valence-corrected chi connectivity index (χ0v) is 15.2. The number of amides is 1. The standard InChI is InChI=1S/C22H25N3O/c1-17-3-2-14-25(15-17)16-19-4-8-20(9-5-19)22(26)24-21-10-6-18(7-11-21)12-13-23/h4-11,17H,2-3,12,14-16H2,1H3,(H,24,26)/t17-/m1/s1. The first-order chi connectivity index (χ1) is 12.6. The molecule has 1 aliphatic rings. The van der Waals surface area contributed by atoms with Gasteiger partial charge in [-0.25, -0.2) is 0 Å². The van der Waals surface area contributed by atoms with Gasteiger partial charge in [-0.1, -0.05) is 31.2 Å². The van der Waals surface area contributed by atoms with Crippen LogP contribution in [0.25, 0.3) is 0 Å². The van der Waals surface area contributed by atoms with Gasteiger partial charge in [0.15, 0.2) is 0 Å². The molecule has 2 aromatic carbocycles. The van der Waals surface area contributed by atoms with Gasteiger partial charge >= 0.3 is 0 Å². The quantitative estimate of drug-likeness (QED) is 0.880. The van der Waals surface area contributed by atoms with Gasteiger partial charge in [-0.3, -0.25) is 9.69 Å². The summed E-state index contributed by atoms with van der Waals surface area (Å²) in [5.74, 6) is 0.657. The van der Waals surface area contributed by atoms with Crippen molar-refractivity contribution < 1.29 is 4.79 Å². The molecule has 0 aromatic heterocycles. The molecule has 4 nitrogen and oxygen atoms in total. The van der Waals surface area contributed by atoms with Crippen molar-refractivity contribution >= 4 is 11.6 Å². The topological polar surface area (TPSA) is 56.1 Å². The summed E-state index contributed by atoms with van der Waals surface area (Å²) >= 11 is 0. The summed E-state index contributed by atoms with van der Waals surface area (Å²) in [6.45, 7) is 5.58. The van der Waals surface area contributed by atoms with Crippen LogP contribution in [-0.4, -0.2) is 23.9 Å². The summed E-state index contributed by atoms with van der Waals surface area (Å²) in [7, 11) is 0. The van der Waals surface area contributed by atoms with Crippen LogP contribution < -0.4 is 5.32 Å². The molecule has 0 bridgehead atoms. The number of hydrogen-bond acceptors (Lipinski definition) is 3. The van der Waals surface area contributed by atoms with E-state index in [-0.39, 0.29) is 5.91 Å². The average molecular weight is 347 g/mol. The molecule has 134 valence electrons. The van der Waals surface area contributed by atoms with Crippen LogP contribution >= 0.6 is 0 Å². The van der Waals surface area contributed by atoms with E-state index in [2.05, 4.69) is 23.2 Å². The maximum Gasteiger partial charge on any atom is 0.255 e. The van der Waals surface area contributed by atoms with E-state index in [4.69, 9.17) is 5.26 Å². The number of carbonyl (C=O) groups excluding carboxylic acids is 1. The number of hydrogen-bond donors (Lipinski definition) is 1. The van der Waals surface area contributed by atoms with Gasteiger partial charge in [0.1, 0.15) is 0 Å². The van der Waals surface area contributed by atoms with Crippen molar-refractivity contribution in [1.82, 2.24) is 4.90 Å². The molecule has 1 aliphatic heterocycles. The van der Waals surface area contributed by atoms with E-state index in [0.717, 1.165) is 36.8 Å². The summed E-state index contributed by atoms with van der Waals surface area (Å²) in [5, 5.41) is 11.6. The second kappa shape index (κ2) is 8.64. The Bertz CT molecular complexity index is 775. The predicted octanol–water partition coefficient (Wildman–Crippen LogP) is 4.24. The van der Waals surface area contributed by atoms with Crippen molar-refractivity contribution in [2.45, 2.75) is 32.7 Å². The van der Waals surface area contributed by atoms with Crippen LogP contribution in [0.15, 0.2) is 48.5 Å². The van der Waals surface area contributed by atoms with Gasteiger partial charge in [0.25, 0.3) is 5.91 Å². The zero-order chi connectivity index (χ0) is 18.4. The van der Waals surface area contributed by atoms with Gasteiger partial charge in [-0.05, 0) is 60.7 Å². The SMILES string of the molecule is C[C@@H]1CCCN(Cc2ccc(C(=O)Nc3ccc(CC#N)cc3)cc2)C1.